The molecule has 2 heterocycles. The molecule has 7 nitrogen and oxygen atoms in total. The lowest BCUT2D eigenvalue weighted by Gasteiger charge is -1.98. The Balaban J connectivity index is 0.000000178. The van der Waals surface area contributed by atoms with Gasteiger partial charge in [-0.1, -0.05) is 5.21 Å². The third-order valence-corrected chi connectivity index (χ3v) is 2.60. The van der Waals surface area contributed by atoms with Gasteiger partial charge in [0.15, 0.2) is 0 Å². The van der Waals surface area contributed by atoms with Gasteiger partial charge in [0.25, 0.3) is 0 Å². The van der Waals surface area contributed by atoms with Crippen molar-refractivity contribution in [3.63, 3.8) is 0 Å². The molecular formula is C13H14N4O3. The molecule has 0 atom stereocenters. The molecule has 2 aromatic rings. The molecule has 0 N–H and O–H groups in total. The highest BCUT2D eigenvalue weighted by Crippen LogP contribution is 2.06. The maximum absolute atomic E-state index is 10.4. The maximum atomic E-state index is 10.4. The SMILES string of the molecule is COC(=O)N1CC1.O=Cc1ccc(-n2ccnn2)cc1. The van der Waals surface area contributed by atoms with Crippen LogP contribution in [0.15, 0.2) is 36.7 Å². The fraction of sp³-hybridized carbons (Fsp3) is 0.231. The van der Waals surface area contributed by atoms with Gasteiger partial charge in [0.2, 0.25) is 0 Å². The number of rotatable bonds is 2. The van der Waals surface area contributed by atoms with Crippen LogP contribution in [0.4, 0.5) is 4.79 Å². The lowest BCUT2D eigenvalue weighted by Crippen LogP contribution is -2.08. The predicted octanol–water partition coefficient (Wildman–Crippen LogP) is 1.15. The predicted molar refractivity (Wildman–Crippen MR) is 70.7 cm³/mol. The summed E-state index contributed by atoms with van der Waals surface area (Å²) in [5.74, 6) is 0. The summed E-state index contributed by atoms with van der Waals surface area (Å²) in [6.45, 7) is 1.74. The van der Waals surface area contributed by atoms with E-state index in [1.165, 1.54) is 7.11 Å². The number of ether oxygens (including phenoxy) is 1. The second-order valence-electron chi connectivity index (χ2n) is 4.01. The minimum absolute atomic E-state index is 0.208. The lowest BCUT2D eigenvalue weighted by atomic mass is 10.2. The van der Waals surface area contributed by atoms with Crippen molar-refractivity contribution >= 4 is 12.4 Å². The Morgan fingerprint density at radius 3 is 2.40 bits per heavy atom. The standard InChI is InChI=1S/C9H7N3O.C4H7NO2/c13-7-8-1-3-9(4-2-8)12-6-5-10-11-12;1-7-4(6)5-2-3-5/h1-7H;2-3H2,1H3. The summed E-state index contributed by atoms with van der Waals surface area (Å²) in [7, 11) is 1.39. The summed E-state index contributed by atoms with van der Waals surface area (Å²) in [4.78, 5) is 22.3. The average Bonchev–Trinajstić information content (AvgIpc) is 3.22. The Morgan fingerprint density at radius 1 is 1.30 bits per heavy atom. The highest BCUT2D eigenvalue weighted by molar-refractivity contribution is 5.75. The van der Waals surface area contributed by atoms with Crippen LogP contribution in [0.1, 0.15) is 10.4 Å². The molecule has 0 spiro atoms. The molecule has 1 fully saturated rings. The minimum atomic E-state index is -0.208. The van der Waals surface area contributed by atoms with Crippen LogP contribution in [0.25, 0.3) is 5.69 Å². The van der Waals surface area contributed by atoms with E-state index in [1.54, 1.807) is 34.1 Å². The van der Waals surface area contributed by atoms with Crippen LogP contribution in [0.5, 0.6) is 0 Å². The van der Waals surface area contributed by atoms with E-state index < -0.39 is 0 Å². The van der Waals surface area contributed by atoms with Crippen molar-refractivity contribution < 1.29 is 14.3 Å². The van der Waals surface area contributed by atoms with Gasteiger partial charge in [-0.3, -0.25) is 4.79 Å². The van der Waals surface area contributed by atoms with Gasteiger partial charge in [-0.25, -0.2) is 9.48 Å². The van der Waals surface area contributed by atoms with Crippen molar-refractivity contribution in [1.29, 1.82) is 0 Å². The Bertz CT molecular complexity index is 562. The summed E-state index contributed by atoms with van der Waals surface area (Å²) >= 11 is 0. The van der Waals surface area contributed by atoms with Crippen LogP contribution in [0, 0.1) is 0 Å². The fourth-order valence-corrected chi connectivity index (χ4v) is 1.41. The molecule has 7 heteroatoms. The lowest BCUT2D eigenvalue weighted by molar-refractivity contribution is 0.112. The Kier molecular flexibility index (Phi) is 4.43. The van der Waals surface area contributed by atoms with E-state index in [4.69, 9.17) is 0 Å². The van der Waals surface area contributed by atoms with Crippen LogP contribution >= 0.6 is 0 Å². The number of carbonyl (C=O) groups excluding carboxylic acids is 2. The van der Waals surface area contributed by atoms with Gasteiger partial charge in [-0.05, 0) is 24.3 Å². The quantitative estimate of drug-likeness (QED) is 0.606. The first-order chi connectivity index (χ1) is 9.74. The molecule has 1 saturated heterocycles. The van der Waals surface area contributed by atoms with Crippen molar-refractivity contribution in [2.24, 2.45) is 0 Å². The molecule has 1 amide bonds. The van der Waals surface area contributed by atoms with E-state index in [0.717, 1.165) is 25.1 Å². The molecule has 0 radical (unpaired) electrons. The number of aromatic nitrogens is 3. The summed E-state index contributed by atoms with van der Waals surface area (Å²) in [5, 5.41) is 7.50. The summed E-state index contributed by atoms with van der Waals surface area (Å²) < 4.78 is 5.99. The van der Waals surface area contributed by atoms with Crippen LogP contribution in [0.2, 0.25) is 0 Å². The van der Waals surface area contributed by atoms with E-state index in [1.807, 2.05) is 12.1 Å². The highest BCUT2D eigenvalue weighted by Gasteiger charge is 2.23. The minimum Gasteiger partial charge on any atom is -0.453 e. The molecule has 0 unspecified atom stereocenters. The molecule has 1 aliphatic heterocycles. The molecule has 104 valence electrons. The van der Waals surface area contributed by atoms with Crippen LogP contribution in [0.3, 0.4) is 0 Å². The largest absolute Gasteiger partial charge is 0.453 e. The molecule has 0 saturated carbocycles. The van der Waals surface area contributed by atoms with Gasteiger partial charge in [0.05, 0.1) is 25.2 Å². The zero-order chi connectivity index (χ0) is 14.4. The number of hydrogen-bond acceptors (Lipinski definition) is 5. The second kappa shape index (κ2) is 6.46. The molecule has 1 aromatic heterocycles. The molecule has 3 rings (SSSR count). The van der Waals surface area contributed by atoms with Crippen molar-refractivity contribution in [2.75, 3.05) is 20.2 Å². The first-order valence-electron chi connectivity index (χ1n) is 5.99. The zero-order valence-electron chi connectivity index (χ0n) is 11.0. The molecular weight excluding hydrogens is 260 g/mol. The molecule has 20 heavy (non-hydrogen) atoms. The van der Waals surface area contributed by atoms with E-state index >= 15 is 0 Å². The number of nitrogens with zero attached hydrogens (tertiary/aromatic N) is 4. The molecule has 1 aliphatic rings. The molecule has 0 aliphatic carbocycles. The van der Waals surface area contributed by atoms with E-state index in [2.05, 4.69) is 15.0 Å². The number of carbonyl (C=O) groups is 2. The number of aldehydes is 1. The van der Waals surface area contributed by atoms with Crippen molar-refractivity contribution in [3.8, 4) is 5.69 Å². The van der Waals surface area contributed by atoms with Crippen molar-refractivity contribution in [3.05, 3.63) is 42.2 Å². The fourth-order valence-electron chi connectivity index (χ4n) is 1.41. The Hall–Kier alpha value is -2.70. The Morgan fingerprint density at radius 2 is 2.00 bits per heavy atom. The van der Waals surface area contributed by atoms with Gasteiger partial charge in [0.1, 0.15) is 6.29 Å². The van der Waals surface area contributed by atoms with Crippen molar-refractivity contribution in [1.82, 2.24) is 19.9 Å². The van der Waals surface area contributed by atoms with E-state index in [9.17, 15) is 9.59 Å². The summed E-state index contributed by atoms with van der Waals surface area (Å²) in [6, 6.07) is 7.12. The van der Waals surface area contributed by atoms with Gasteiger partial charge in [-0.2, -0.15) is 0 Å². The van der Waals surface area contributed by atoms with Crippen LogP contribution in [-0.4, -0.2) is 52.5 Å². The third-order valence-electron chi connectivity index (χ3n) is 2.60. The van der Waals surface area contributed by atoms with Gasteiger partial charge in [0, 0.05) is 18.7 Å². The third kappa shape index (κ3) is 3.64. The number of amides is 1. The van der Waals surface area contributed by atoms with Gasteiger partial charge < -0.3 is 9.64 Å². The maximum Gasteiger partial charge on any atom is 0.409 e. The second-order valence-corrected chi connectivity index (χ2v) is 4.01. The number of methoxy groups -OCH3 is 1. The first-order valence-corrected chi connectivity index (χ1v) is 5.99. The molecule has 1 aromatic carbocycles. The van der Waals surface area contributed by atoms with Gasteiger partial charge in [-0.15, -0.1) is 5.10 Å². The number of hydrogen-bond donors (Lipinski definition) is 0. The van der Waals surface area contributed by atoms with Crippen LogP contribution in [-0.2, 0) is 4.74 Å². The average molecular weight is 274 g/mol. The Labute approximate surface area is 115 Å². The highest BCUT2D eigenvalue weighted by atomic mass is 16.5. The summed E-state index contributed by atoms with van der Waals surface area (Å²) in [6.07, 6.45) is 3.95. The van der Waals surface area contributed by atoms with Crippen LogP contribution < -0.4 is 0 Å². The first kappa shape index (κ1) is 13.7. The van der Waals surface area contributed by atoms with E-state index in [0.29, 0.717) is 5.56 Å². The molecule has 0 bridgehead atoms. The number of benzene rings is 1. The monoisotopic (exact) mass is 274 g/mol. The topological polar surface area (TPSA) is 77.1 Å². The smallest absolute Gasteiger partial charge is 0.409 e. The van der Waals surface area contributed by atoms with E-state index in [-0.39, 0.29) is 6.09 Å². The van der Waals surface area contributed by atoms with Gasteiger partial charge >= 0.3 is 6.09 Å². The normalized spacial score (nSPS) is 12.2. The zero-order valence-corrected chi connectivity index (χ0v) is 11.0. The summed E-state index contributed by atoms with van der Waals surface area (Å²) in [5.41, 5.74) is 1.55. The van der Waals surface area contributed by atoms with Crippen molar-refractivity contribution in [2.45, 2.75) is 0 Å².